The molecule has 19 heavy (non-hydrogen) atoms. The largest absolute Gasteiger partial charge is 0.370 e. The zero-order valence-corrected chi connectivity index (χ0v) is 11.6. The number of rotatable bonds is 5. The first-order valence-electron chi connectivity index (χ1n) is 6.58. The minimum Gasteiger partial charge on any atom is -0.370 e. The van der Waals surface area contributed by atoms with Crippen LogP contribution in [0.25, 0.3) is 0 Å². The van der Waals surface area contributed by atoms with Crippen LogP contribution in [-0.2, 0) is 6.54 Å². The fourth-order valence-corrected chi connectivity index (χ4v) is 2.02. The molecule has 2 aromatic rings. The van der Waals surface area contributed by atoms with Gasteiger partial charge in [0.1, 0.15) is 5.82 Å². The Morgan fingerprint density at radius 1 is 1.37 bits per heavy atom. The summed E-state index contributed by atoms with van der Waals surface area (Å²) in [7, 11) is 0. The molecule has 5 heteroatoms. The molecule has 0 amide bonds. The molecule has 0 aliphatic rings. The third kappa shape index (κ3) is 2.86. The van der Waals surface area contributed by atoms with Crippen LogP contribution in [0.15, 0.2) is 35.5 Å². The highest BCUT2D eigenvalue weighted by atomic mass is 16.1. The van der Waals surface area contributed by atoms with Crippen LogP contribution in [-0.4, -0.2) is 20.7 Å². The maximum Gasteiger partial charge on any atom is 0.328 e. The van der Waals surface area contributed by atoms with Gasteiger partial charge >= 0.3 is 5.69 Å². The van der Waals surface area contributed by atoms with Crippen LogP contribution >= 0.6 is 0 Å². The Hall–Kier alpha value is -2.04. The zero-order chi connectivity index (χ0) is 13.8. The lowest BCUT2D eigenvalue weighted by Gasteiger charge is -2.09. The first-order chi connectivity index (χ1) is 9.13. The highest BCUT2D eigenvalue weighted by Crippen LogP contribution is 2.12. The minimum atomic E-state index is 0.0151. The summed E-state index contributed by atoms with van der Waals surface area (Å²) in [6, 6.07) is 4.06. The number of nitrogens with zero attached hydrogens (tertiary/aromatic N) is 3. The molecular formula is C14H20N4O. The summed E-state index contributed by atoms with van der Waals surface area (Å²) in [6.45, 7) is 7.38. The quantitative estimate of drug-likeness (QED) is 0.895. The van der Waals surface area contributed by atoms with Gasteiger partial charge in [-0.1, -0.05) is 6.07 Å². The second-order valence-corrected chi connectivity index (χ2v) is 4.75. The van der Waals surface area contributed by atoms with Crippen molar-refractivity contribution in [1.82, 2.24) is 14.1 Å². The van der Waals surface area contributed by atoms with E-state index in [0.29, 0.717) is 6.54 Å². The predicted octanol–water partition coefficient (Wildman–Crippen LogP) is 2.11. The fourth-order valence-electron chi connectivity index (χ4n) is 2.02. The van der Waals surface area contributed by atoms with E-state index in [1.807, 2.05) is 45.3 Å². The van der Waals surface area contributed by atoms with Gasteiger partial charge in [0, 0.05) is 36.7 Å². The fraction of sp³-hybridized carbons (Fsp3) is 0.429. The molecule has 0 aliphatic carbocycles. The zero-order valence-electron chi connectivity index (χ0n) is 11.6. The molecule has 0 fully saturated rings. The maximum absolute atomic E-state index is 12.2. The normalized spacial score (nSPS) is 10.9. The van der Waals surface area contributed by atoms with Gasteiger partial charge < -0.3 is 5.32 Å². The van der Waals surface area contributed by atoms with Crippen LogP contribution in [0.5, 0.6) is 0 Å². The number of aromatic nitrogens is 3. The third-order valence-corrected chi connectivity index (χ3v) is 3.01. The summed E-state index contributed by atoms with van der Waals surface area (Å²) in [6.07, 6.45) is 5.41. The summed E-state index contributed by atoms with van der Waals surface area (Å²) in [5, 5.41) is 3.21. The molecule has 2 aromatic heterocycles. The van der Waals surface area contributed by atoms with Gasteiger partial charge in [-0.05, 0) is 26.8 Å². The molecule has 0 bridgehead atoms. The maximum atomic E-state index is 12.2. The van der Waals surface area contributed by atoms with Gasteiger partial charge in [-0.15, -0.1) is 0 Å². The van der Waals surface area contributed by atoms with Gasteiger partial charge in [0.25, 0.3) is 0 Å². The van der Waals surface area contributed by atoms with Crippen LogP contribution in [0, 0.1) is 0 Å². The lowest BCUT2D eigenvalue weighted by Crippen LogP contribution is -2.25. The highest BCUT2D eigenvalue weighted by molar-refractivity contribution is 5.43. The molecule has 2 rings (SSSR count). The van der Waals surface area contributed by atoms with E-state index in [9.17, 15) is 4.79 Å². The summed E-state index contributed by atoms with van der Waals surface area (Å²) in [5.74, 6) is 0.842. The van der Waals surface area contributed by atoms with Gasteiger partial charge in [0.2, 0.25) is 0 Å². The average molecular weight is 260 g/mol. The molecule has 0 spiro atoms. The molecule has 1 N–H and O–H groups in total. The summed E-state index contributed by atoms with van der Waals surface area (Å²) in [5.41, 5.74) is 1.04. The molecule has 0 unspecified atom stereocenters. The van der Waals surface area contributed by atoms with Gasteiger partial charge in [0.15, 0.2) is 0 Å². The lowest BCUT2D eigenvalue weighted by molar-refractivity contribution is 0.561. The van der Waals surface area contributed by atoms with Crippen LogP contribution in [0.4, 0.5) is 5.82 Å². The van der Waals surface area contributed by atoms with E-state index in [2.05, 4.69) is 10.3 Å². The van der Waals surface area contributed by atoms with Crippen molar-refractivity contribution in [3.63, 3.8) is 0 Å². The third-order valence-electron chi connectivity index (χ3n) is 3.01. The molecule has 5 nitrogen and oxygen atoms in total. The van der Waals surface area contributed by atoms with Crippen LogP contribution < -0.4 is 11.0 Å². The topological polar surface area (TPSA) is 51.9 Å². The Labute approximate surface area is 112 Å². The van der Waals surface area contributed by atoms with Gasteiger partial charge in [-0.2, -0.15) is 0 Å². The van der Waals surface area contributed by atoms with Gasteiger partial charge in [-0.3, -0.25) is 9.13 Å². The molecule has 2 heterocycles. The van der Waals surface area contributed by atoms with E-state index < -0.39 is 0 Å². The predicted molar refractivity (Wildman–Crippen MR) is 76.6 cm³/mol. The lowest BCUT2D eigenvalue weighted by atomic mass is 10.2. The summed E-state index contributed by atoms with van der Waals surface area (Å²) in [4.78, 5) is 16.5. The van der Waals surface area contributed by atoms with E-state index in [0.717, 1.165) is 17.9 Å². The standard InChI is InChI=1S/C14H20N4O/c1-4-15-13-12(6-5-7-16-13)10-17-8-9-18(11(2)3)14(17)19/h5-9,11H,4,10H2,1-3H3,(H,15,16). The van der Waals surface area contributed by atoms with Crippen molar-refractivity contribution < 1.29 is 0 Å². The number of nitrogens with one attached hydrogen (secondary N) is 1. The highest BCUT2D eigenvalue weighted by Gasteiger charge is 2.08. The number of hydrogen-bond donors (Lipinski definition) is 1. The Morgan fingerprint density at radius 3 is 2.79 bits per heavy atom. The van der Waals surface area contributed by atoms with Gasteiger partial charge in [0.05, 0.1) is 6.54 Å². The van der Waals surface area contributed by atoms with Crippen LogP contribution in [0.3, 0.4) is 0 Å². The molecule has 102 valence electrons. The van der Waals surface area contributed by atoms with Gasteiger partial charge in [-0.25, -0.2) is 9.78 Å². The number of hydrogen-bond acceptors (Lipinski definition) is 3. The first kappa shape index (κ1) is 13.4. The molecule has 0 radical (unpaired) electrons. The molecule has 0 saturated heterocycles. The van der Waals surface area contributed by atoms with E-state index in [4.69, 9.17) is 0 Å². The molecule has 0 aromatic carbocycles. The monoisotopic (exact) mass is 260 g/mol. The van der Waals surface area contributed by atoms with Crippen molar-refractivity contribution in [3.8, 4) is 0 Å². The van der Waals surface area contributed by atoms with E-state index in [1.165, 1.54) is 0 Å². The van der Waals surface area contributed by atoms with E-state index in [1.54, 1.807) is 15.3 Å². The Bertz CT molecular complexity index is 597. The first-order valence-corrected chi connectivity index (χ1v) is 6.58. The Morgan fingerprint density at radius 2 is 2.16 bits per heavy atom. The molecular weight excluding hydrogens is 240 g/mol. The number of imidazole rings is 1. The van der Waals surface area contributed by atoms with Crippen LogP contribution in [0.1, 0.15) is 32.4 Å². The summed E-state index contributed by atoms with van der Waals surface area (Å²) >= 11 is 0. The Balaban J connectivity index is 2.29. The van der Waals surface area contributed by atoms with Crippen molar-refractivity contribution in [3.05, 3.63) is 46.8 Å². The average Bonchev–Trinajstić information content (AvgIpc) is 2.74. The number of pyridine rings is 1. The van der Waals surface area contributed by atoms with E-state index in [-0.39, 0.29) is 11.7 Å². The van der Waals surface area contributed by atoms with Crippen molar-refractivity contribution in [2.45, 2.75) is 33.4 Å². The smallest absolute Gasteiger partial charge is 0.328 e. The summed E-state index contributed by atoms with van der Waals surface area (Å²) < 4.78 is 3.43. The van der Waals surface area contributed by atoms with Crippen molar-refractivity contribution in [2.24, 2.45) is 0 Å². The SMILES string of the molecule is CCNc1ncccc1Cn1ccn(C(C)C)c1=O. The Kier molecular flexibility index (Phi) is 4.04. The molecule has 0 aliphatic heterocycles. The molecule has 0 saturated carbocycles. The second-order valence-electron chi connectivity index (χ2n) is 4.75. The van der Waals surface area contributed by atoms with E-state index >= 15 is 0 Å². The molecule has 0 atom stereocenters. The minimum absolute atomic E-state index is 0.0151. The number of anilines is 1. The van der Waals surface area contributed by atoms with Crippen LogP contribution in [0.2, 0.25) is 0 Å². The van der Waals surface area contributed by atoms with Crippen molar-refractivity contribution in [2.75, 3.05) is 11.9 Å². The van der Waals surface area contributed by atoms with Crippen molar-refractivity contribution >= 4 is 5.82 Å². The second kappa shape index (κ2) is 5.73. The van der Waals surface area contributed by atoms with Crippen molar-refractivity contribution in [1.29, 1.82) is 0 Å².